The number of aromatic nitrogens is 1. The lowest BCUT2D eigenvalue weighted by atomic mass is 10.2. The van der Waals surface area contributed by atoms with E-state index in [1.807, 2.05) is 31.2 Å². The fourth-order valence-electron chi connectivity index (χ4n) is 2.64. The summed E-state index contributed by atoms with van der Waals surface area (Å²) in [4.78, 5) is 39.8. The summed E-state index contributed by atoms with van der Waals surface area (Å²) >= 11 is 2.59. The summed E-state index contributed by atoms with van der Waals surface area (Å²) in [5.74, 6) is -0.583. The van der Waals surface area contributed by atoms with Crippen LogP contribution in [-0.2, 0) is 27.4 Å². The topological polar surface area (TPSA) is 111 Å². The maximum Gasteiger partial charge on any atom is 0.319 e. The molecule has 166 valence electrons. The molecule has 0 fully saturated rings. The van der Waals surface area contributed by atoms with Gasteiger partial charge in [0, 0.05) is 28.1 Å². The van der Waals surface area contributed by atoms with Crippen LogP contribution in [0.3, 0.4) is 0 Å². The second-order valence-electron chi connectivity index (χ2n) is 6.94. The van der Waals surface area contributed by atoms with Crippen molar-refractivity contribution in [2.24, 2.45) is 0 Å². The summed E-state index contributed by atoms with van der Waals surface area (Å²) < 4.78 is 5.32. The predicted molar refractivity (Wildman–Crippen MR) is 124 cm³/mol. The number of nitrogens with zero attached hydrogens (tertiary/aromatic N) is 2. The van der Waals surface area contributed by atoms with Gasteiger partial charge in [-0.15, -0.1) is 23.1 Å². The molecule has 0 saturated carbocycles. The van der Waals surface area contributed by atoms with Crippen LogP contribution in [0.1, 0.15) is 23.2 Å². The van der Waals surface area contributed by atoms with Crippen molar-refractivity contribution < 1.29 is 19.2 Å². The maximum atomic E-state index is 12.3. The number of thiazole rings is 1. The highest BCUT2D eigenvalue weighted by molar-refractivity contribution is 8.00. The molecule has 1 atom stereocenters. The molecule has 0 radical (unpaired) electrons. The Labute approximate surface area is 193 Å². The first-order valence-corrected chi connectivity index (χ1v) is 11.4. The van der Waals surface area contributed by atoms with E-state index in [1.165, 1.54) is 35.2 Å². The number of carbonyl (C=O) groups excluding carboxylic acids is 2. The van der Waals surface area contributed by atoms with Crippen molar-refractivity contribution in [2.45, 2.75) is 37.0 Å². The van der Waals surface area contributed by atoms with Crippen LogP contribution in [-0.4, -0.2) is 27.0 Å². The van der Waals surface area contributed by atoms with Gasteiger partial charge in [0.25, 0.3) is 5.69 Å². The van der Waals surface area contributed by atoms with E-state index >= 15 is 0 Å². The molecule has 3 aromatic rings. The number of hydrogen-bond acceptors (Lipinski definition) is 8. The van der Waals surface area contributed by atoms with Crippen LogP contribution in [0.4, 0.5) is 11.4 Å². The van der Waals surface area contributed by atoms with Crippen LogP contribution in [0.5, 0.6) is 0 Å². The van der Waals surface area contributed by atoms with Crippen molar-refractivity contribution >= 4 is 46.3 Å². The standard InChI is InChI=1S/C22H21N3O5S2/c1-14-3-5-16(6-4-14)23-20(26)11-21-24-17(13-31-21)12-30-22(27)15(2)32-19-9-7-18(8-10-19)25(28)29/h3-10,13,15H,11-12H2,1-2H3,(H,23,26). The third kappa shape index (κ3) is 6.89. The Morgan fingerprint density at radius 1 is 1.19 bits per heavy atom. The van der Waals surface area contributed by atoms with Crippen LogP contribution >= 0.6 is 23.1 Å². The van der Waals surface area contributed by atoms with Crippen LogP contribution in [0.15, 0.2) is 58.8 Å². The Hall–Kier alpha value is -3.24. The zero-order chi connectivity index (χ0) is 23.1. The number of ether oxygens (including phenoxy) is 1. The van der Waals surface area contributed by atoms with Crippen LogP contribution in [0, 0.1) is 17.0 Å². The van der Waals surface area contributed by atoms with E-state index in [-0.39, 0.29) is 24.6 Å². The van der Waals surface area contributed by atoms with Gasteiger partial charge >= 0.3 is 5.97 Å². The Morgan fingerprint density at radius 2 is 1.88 bits per heavy atom. The summed E-state index contributed by atoms with van der Waals surface area (Å²) in [5.41, 5.74) is 2.42. The summed E-state index contributed by atoms with van der Waals surface area (Å²) in [7, 11) is 0. The number of nitro groups is 1. The quantitative estimate of drug-likeness (QED) is 0.207. The molecule has 0 aliphatic rings. The van der Waals surface area contributed by atoms with E-state index in [2.05, 4.69) is 10.3 Å². The summed E-state index contributed by atoms with van der Waals surface area (Å²) in [6.07, 6.45) is 0.138. The van der Waals surface area contributed by atoms with Crippen molar-refractivity contribution in [3.8, 4) is 0 Å². The zero-order valence-electron chi connectivity index (χ0n) is 17.4. The first kappa shape index (κ1) is 23.4. The maximum absolute atomic E-state index is 12.3. The highest BCUT2D eigenvalue weighted by Gasteiger charge is 2.18. The molecule has 2 aromatic carbocycles. The number of carbonyl (C=O) groups is 2. The number of hydrogen-bond donors (Lipinski definition) is 1. The van der Waals surface area contributed by atoms with Crippen molar-refractivity contribution in [2.75, 3.05) is 5.32 Å². The first-order valence-electron chi connectivity index (χ1n) is 9.67. The van der Waals surface area contributed by atoms with Gasteiger partial charge in [-0.2, -0.15) is 0 Å². The summed E-state index contributed by atoms with van der Waals surface area (Å²) in [6.45, 7) is 3.70. The molecule has 1 amide bonds. The van der Waals surface area contributed by atoms with E-state index < -0.39 is 16.1 Å². The smallest absolute Gasteiger partial charge is 0.319 e. The highest BCUT2D eigenvalue weighted by Crippen LogP contribution is 2.26. The fourth-order valence-corrected chi connectivity index (χ4v) is 4.28. The predicted octanol–water partition coefficient (Wildman–Crippen LogP) is 4.76. The van der Waals surface area contributed by atoms with Crippen LogP contribution in [0.2, 0.25) is 0 Å². The Morgan fingerprint density at radius 3 is 2.53 bits per heavy atom. The van der Waals surface area contributed by atoms with E-state index in [9.17, 15) is 19.7 Å². The Balaban J connectivity index is 1.45. The molecular weight excluding hydrogens is 450 g/mol. The average molecular weight is 472 g/mol. The van der Waals surface area contributed by atoms with E-state index in [1.54, 1.807) is 24.4 Å². The van der Waals surface area contributed by atoms with Gasteiger partial charge in [-0.1, -0.05) is 17.7 Å². The number of thioether (sulfide) groups is 1. The normalized spacial score (nSPS) is 11.6. The summed E-state index contributed by atoms with van der Waals surface area (Å²) in [6, 6.07) is 13.5. The molecule has 0 saturated heterocycles. The number of rotatable bonds is 9. The fraction of sp³-hybridized carbons (Fsp3) is 0.227. The number of non-ortho nitro benzene ring substituents is 1. The molecule has 1 N–H and O–H groups in total. The van der Waals surface area contributed by atoms with Gasteiger partial charge in [0.05, 0.1) is 17.0 Å². The van der Waals surface area contributed by atoms with Gasteiger partial charge in [0.1, 0.15) is 16.9 Å². The number of anilines is 1. The Kier molecular flexibility index (Phi) is 7.96. The molecule has 0 aliphatic heterocycles. The SMILES string of the molecule is Cc1ccc(NC(=O)Cc2nc(COC(=O)C(C)Sc3ccc([N+](=O)[O-])cc3)cs2)cc1. The second kappa shape index (κ2) is 10.9. The minimum absolute atomic E-state index is 0.00327. The number of nitrogens with one attached hydrogen (secondary N) is 1. The van der Waals surface area contributed by atoms with Crippen molar-refractivity contribution in [3.05, 3.63) is 80.3 Å². The molecule has 1 unspecified atom stereocenters. The van der Waals surface area contributed by atoms with Gasteiger partial charge in [0.2, 0.25) is 5.91 Å². The lowest BCUT2D eigenvalue weighted by Crippen LogP contribution is -2.17. The van der Waals surface area contributed by atoms with Gasteiger partial charge in [-0.05, 0) is 38.1 Å². The molecule has 32 heavy (non-hydrogen) atoms. The minimum atomic E-state index is -0.491. The largest absolute Gasteiger partial charge is 0.458 e. The Bertz CT molecular complexity index is 1100. The molecule has 3 rings (SSSR count). The third-order valence-corrected chi connectivity index (χ3v) is 6.29. The minimum Gasteiger partial charge on any atom is -0.458 e. The number of amides is 1. The molecule has 0 aliphatic carbocycles. The van der Waals surface area contributed by atoms with E-state index in [4.69, 9.17) is 4.74 Å². The number of nitro benzene ring substituents is 1. The van der Waals surface area contributed by atoms with Gasteiger partial charge < -0.3 is 10.1 Å². The van der Waals surface area contributed by atoms with Crippen molar-refractivity contribution in [1.29, 1.82) is 0 Å². The number of benzene rings is 2. The van der Waals surface area contributed by atoms with Crippen molar-refractivity contribution in [3.63, 3.8) is 0 Å². The number of esters is 1. The molecule has 0 bridgehead atoms. The molecule has 0 spiro atoms. The molecule has 10 heteroatoms. The lowest BCUT2D eigenvalue weighted by Gasteiger charge is -2.10. The second-order valence-corrected chi connectivity index (χ2v) is 9.30. The van der Waals surface area contributed by atoms with Gasteiger partial charge in [0.15, 0.2) is 0 Å². The molecule has 1 aromatic heterocycles. The number of aryl methyl sites for hydroxylation is 1. The van der Waals surface area contributed by atoms with Crippen LogP contribution < -0.4 is 5.32 Å². The van der Waals surface area contributed by atoms with Gasteiger partial charge in [-0.25, -0.2) is 4.98 Å². The zero-order valence-corrected chi connectivity index (χ0v) is 19.1. The molecule has 8 nitrogen and oxygen atoms in total. The average Bonchev–Trinajstić information content (AvgIpc) is 3.21. The molecule has 1 heterocycles. The monoisotopic (exact) mass is 471 g/mol. The molecular formula is C22H21N3O5S2. The van der Waals surface area contributed by atoms with Gasteiger partial charge in [-0.3, -0.25) is 19.7 Å². The van der Waals surface area contributed by atoms with Crippen LogP contribution in [0.25, 0.3) is 0 Å². The summed E-state index contributed by atoms with van der Waals surface area (Å²) in [5, 5.41) is 15.4. The lowest BCUT2D eigenvalue weighted by molar-refractivity contribution is -0.384. The highest BCUT2D eigenvalue weighted by atomic mass is 32.2. The van der Waals surface area contributed by atoms with Crippen molar-refractivity contribution in [1.82, 2.24) is 4.98 Å². The van der Waals surface area contributed by atoms with E-state index in [0.717, 1.165) is 16.1 Å². The third-order valence-electron chi connectivity index (χ3n) is 4.30. The van der Waals surface area contributed by atoms with E-state index in [0.29, 0.717) is 10.7 Å². The first-order chi connectivity index (χ1) is 15.3.